The van der Waals surface area contributed by atoms with Gasteiger partial charge in [0, 0.05) is 10.9 Å². The number of carbonyl (C=O) groups excluding carboxylic acids is 1. The molecule has 5 aromatic carbocycles. The standard InChI is InChI=1S/C37H29N3O2/c1-2-11-29-22-26(20-21-36(29)42-25-30-16-10-15-27-12-6-7-17-31(27)30)24-38-40-37(41)33-23-35(28-13-4-3-5-14-28)39-34-19-9-8-18-32(33)34/h2-10,12-24H,1,11,25H2,(H,40,41)/b38-24+. The van der Waals surface area contributed by atoms with Crippen LogP contribution in [0.15, 0.2) is 139 Å². The lowest BCUT2D eigenvalue weighted by Crippen LogP contribution is -2.18. The Labute approximate surface area is 244 Å². The van der Waals surface area contributed by atoms with Crippen LogP contribution in [0.4, 0.5) is 0 Å². The molecule has 204 valence electrons. The zero-order chi connectivity index (χ0) is 28.7. The summed E-state index contributed by atoms with van der Waals surface area (Å²) in [5, 5.41) is 7.42. The third-order valence-electron chi connectivity index (χ3n) is 7.12. The van der Waals surface area contributed by atoms with E-state index in [9.17, 15) is 4.79 Å². The molecule has 42 heavy (non-hydrogen) atoms. The molecule has 0 bridgehead atoms. The van der Waals surface area contributed by atoms with E-state index < -0.39 is 0 Å². The highest BCUT2D eigenvalue weighted by atomic mass is 16.5. The van der Waals surface area contributed by atoms with Crippen molar-refractivity contribution in [3.8, 4) is 17.0 Å². The quantitative estimate of drug-likeness (QED) is 0.113. The van der Waals surface area contributed by atoms with Crippen molar-refractivity contribution in [3.05, 3.63) is 156 Å². The molecule has 0 fully saturated rings. The Bertz CT molecular complexity index is 1920. The first-order chi connectivity index (χ1) is 20.7. The van der Waals surface area contributed by atoms with Gasteiger partial charge in [-0.1, -0.05) is 97.1 Å². The van der Waals surface area contributed by atoms with Gasteiger partial charge >= 0.3 is 0 Å². The van der Waals surface area contributed by atoms with Crippen LogP contribution in [0.25, 0.3) is 32.9 Å². The number of rotatable bonds is 9. The van der Waals surface area contributed by atoms with Crippen molar-refractivity contribution >= 4 is 33.8 Å². The molecule has 6 rings (SSSR count). The van der Waals surface area contributed by atoms with E-state index in [0.717, 1.165) is 44.6 Å². The first-order valence-electron chi connectivity index (χ1n) is 13.8. The Balaban J connectivity index is 1.20. The number of ether oxygens (including phenoxy) is 1. The minimum Gasteiger partial charge on any atom is -0.489 e. The van der Waals surface area contributed by atoms with Crippen LogP contribution in [0, 0.1) is 0 Å². The molecule has 1 heterocycles. The number of aromatic nitrogens is 1. The molecule has 0 saturated heterocycles. The van der Waals surface area contributed by atoms with Crippen LogP contribution in [0.1, 0.15) is 27.0 Å². The fourth-order valence-corrected chi connectivity index (χ4v) is 5.06. The largest absolute Gasteiger partial charge is 0.489 e. The van der Waals surface area contributed by atoms with Crippen molar-refractivity contribution in [1.82, 2.24) is 10.4 Å². The van der Waals surface area contributed by atoms with E-state index in [1.165, 1.54) is 10.8 Å². The molecule has 6 aromatic rings. The van der Waals surface area contributed by atoms with Crippen molar-refractivity contribution in [2.75, 3.05) is 0 Å². The number of fused-ring (bicyclic) bond motifs is 2. The van der Waals surface area contributed by atoms with Gasteiger partial charge in [-0.2, -0.15) is 5.10 Å². The van der Waals surface area contributed by atoms with Crippen LogP contribution in [0.2, 0.25) is 0 Å². The van der Waals surface area contributed by atoms with Crippen molar-refractivity contribution in [2.45, 2.75) is 13.0 Å². The smallest absolute Gasteiger partial charge is 0.272 e. The predicted octanol–water partition coefficient (Wildman–Crippen LogP) is 8.13. The third-order valence-corrected chi connectivity index (χ3v) is 7.12. The summed E-state index contributed by atoms with van der Waals surface area (Å²) < 4.78 is 6.26. The van der Waals surface area contributed by atoms with Gasteiger partial charge < -0.3 is 4.74 Å². The Kier molecular flexibility index (Phi) is 7.82. The number of hydrogen-bond acceptors (Lipinski definition) is 4. The lowest BCUT2D eigenvalue weighted by atomic mass is 10.0. The van der Waals surface area contributed by atoms with Gasteiger partial charge in [-0.05, 0) is 64.2 Å². The lowest BCUT2D eigenvalue weighted by molar-refractivity contribution is 0.0956. The van der Waals surface area contributed by atoms with E-state index in [2.05, 4.69) is 47.4 Å². The van der Waals surface area contributed by atoms with Crippen LogP contribution in [-0.4, -0.2) is 17.1 Å². The molecule has 5 nitrogen and oxygen atoms in total. The number of nitrogens with one attached hydrogen (secondary N) is 1. The van der Waals surface area contributed by atoms with E-state index >= 15 is 0 Å². The van der Waals surface area contributed by atoms with E-state index in [1.54, 1.807) is 6.21 Å². The second-order valence-electron chi connectivity index (χ2n) is 9.92. The van der Waals surface area contributed by atoms with Crippen molar-refractivity contribution in [3.63, 3.8) is 0 Å². The Morgan fingerprint density at radius 1 is 0.810 bits per heavy atom. The van der Waals surface area contributed by atoms with Gasteiger partial charge in [-0.15, -0.1) is 6.58 Å². The molecule has 0 unspecified atom stereocenters. The fraction of sp³-hybridized carbons (Fsp3) is 0.0541. The fourth-order valence-electron chi connectivity index (χ4n) is 5.06. The summed E-state index contributed by atoms with van der Waals surface area (Å²) in [6.45, 7) is 4.37. The van der Waals surface area contributed by atoms with Crippen molar-refractivity contribution in [2.24, 2.45) is 5.10 Å². The average Bonchev–Trinajstić information content (AvgIpc) is 3.04. The molecule has 1 aromatic heterocycles. The number of hydrazone groups is 1. The highest BCUT2D eigenvalue weighted by molar-refractivity contribution is 6.07. The van der Waals surface area contributed by atoms with Crippen LogP contribution < -0.4 is 10.2 Å². The first-order valence-corrected chi connectivity index (χ1v) is 13.8. The van der Waals surface area contributed by atoms with Crippen LogP contribution >= 0.6 is 0 Å². The monoisotopic (exact) mass is 547 g/mol. The number of pyridine rings is 1. The topological polar surface area (TPSA) is 63.6 Å². The summed E-state index contributed by atoms with van der Waals surface area (Å²) >= 11 is 0. The minimum atomic E-state index is -0.302. The molecule has 0 radical (unpaired) electrons. The predicted molar refractivity (Wildman–Crippen MR) is 171 cm³/mol. The van der Waals surface area contributed by atoms with Crippen LogP contribution in [0.5, 0.6) is 5.75 Å². The van der Waals surface area contributed by atoms with Gasteiger partial charge in [0.1, 0.15) is 12.4 Å². The summed E-state index contributed by atoms with van der Waals surface area (Å²) in [6.07, 6.45) is 4.13. The third kappa shape index (κ3) is 5.81. The van der Waals surface area contributed by atoms with Gasteiger partial charge in [0.05, 0.1) is 23.0 Å². The van der Waals surface area contributed by atoms with Crippen molar-refractivity contribution in [1.29, 1.82) is 0 Å². The number of benzene rings is 5. The molecule has 5 heteroatoms. The van der Waals surface area contributed by atoms with Gasteiger partial charge in [0.15, 0.2) is 0 Å². The average molecular weight is 548 g/mol. The molecule has 1 amide bonds. The molecule has 0 aliphatic heterocycles. The van der Waals surface area contributed by atoms with Gasteiger partial charge in [0.2, 0.25) is 0 Å². The summed E-state index contributed by atoms with van der Waals surface area (Å²) in [7, 11) is 0. The molecule has 1 N–H and O–H groups in total. The van der Waals surface area contributed by atoms with Gasteiger partial charge in [0.25, 0.3) is 5.91 Å². The number of para-hydroxylation sites is 1. The summed E-state index contributed by atoms with van der Waals surface area (Å²) in [4.78, 5) is 18.0. The normalized spacial score (nSPS) is 11.1. The highest BCUT2D eigenvalue weighted by Gasteiger charge is 2.14. The van der Waals surface area contributed by atoms with Gasteiger partial charge in [-0.25, -0.2) is 10.4 Å². The van der Waals surface area contributed by atoms with E-state index in [1.807, 2.05) is 97.1 Å². The van der Waals surface area contributed by atoms with Crippen LogP contribution in [0.3, 0.4) is 0 Å². The maximum absolute atomic E-state index is 13.3. The number of carbonyl (C=O) groups is 1. The molecular weight excluding hydrogens is 518 g/mol. The maximum atomic E-state index is 13.3. The van der Waals surface area contributed by atoms with Crippen molar-refractivity contribution < 1.29 is 9.53 Å². The first kappa shape index (κ1) is 26.7. The Morgan fingerprint density at radius 3 is 2.43 bits per heavy atom. The van der Waals surface area contributed by atoms with E-state index in [4.69, 9.17) is 9.72 Å². The molecule has 0 saturated carbocycles. The number of allylic oxidation sites excluding steroid dienone is 1. The zero-order valence-corrected chi connectivity index (χ0v) is 23.0. The van der Waals surface area contributed by atoms with Crippen LogP contribution in [-0.2, 0) is 13.0 Å². The lowest BCUT2D eigenvalue weighted by Gasteiger charge is -2.13. The number of nitrogens with zero attached hydrogens (tertiary/aromatic N) is 2. The maximum Gasteiger partial charge on any atom is 0.272 e. The molecule has 0 spiro atoms. The SMILES string of the molecule is C=CCc1cc(/C=N/NC(=O)c2cc(-c3ccccc3)nc3ccccc23)ccc1OCc1cccc2ccccc12. The van der Waals surface area contributed by atoms with E-state index in [-0.39, 0.29) is 5.91 Å². The molecule has 0 atom stereocenters. The second-order valence-corrected chi connectivity index (χ2v) is 9.92. The number of hydrogen-bond donors (Lipinski definition) is 1. The molecule has 0 aliphatic rings. The molecular formula is C37H29N3O2. The summed E-state index contributed by atoms with van der Waals surface area (Å²) in [6, 6.07) is 39.7. The Hall–Kier alpha value is -5.55. The second kappa shape index (κ2) is 12.3. The van der Waals surface area contributed by atoms with E-state index in [0.29, 0.717) is 18.6 Å². The number of amides is 1. The minimum absolute atomic E-state index is 0.302. The van der Waals surface area contributed by atoms with Gasteiger partial charge in [-0.3, -0.25) is 4.79 Å². The summed E-state index contributed by atoms with van der Waals surface area (Å²) in [5.41, 5.74) is 8.61. The Morgan fingerprint density at radius 2 is 1.57 bits per heavy atom. The zero-order valence-electron chi connectivity index (χ0n) is 23.0. The molecule has 0 aliphatic carbocycles. The highest BCUT2D eigenvalue weighted by Crippen LogP contribution is 2.26. The summed E-state index contributed by atoms with van der Waals surface area (Å²) in [5.74, 6) is 0.490.